The van der Waals surface area contributed by atoms with Gasteiger partial charge in [-0.25, -0.2) is 19.9 Å². The van der Waals surface area contributed by atoms with Crippen molar-refractivity contribution in [3.63, 3.8) is 0 Å². The van der Waals surface area contributed by atoms with Gasteiger partial charge in [0.1, 0.15) is 5.82 Å². The standard InChI is InChI=1S/C46H33N5/c1-46(33-19-9-4-10-20-33)38-23-13-11-21-34(38)36-27-37-35-22-12-14-24-40(35)51(41(37)28-39(36)46)42-26-25-32(29-47-42)45-49-43(30-15-5-2-6-16-30)48-44(50-45)31-17-7-3-8-18-31/h2-9,11-19,21-29H,10,20H2,1H3. The number of aromatic nitrogens is 5. The van der Waals surface area contributed by atoms with Gasteiger partial charge in [-0.3, -0.25) is 4.57 Å². The summed E-state index contributed by atoms with van der Waals surface area (Å²) >= 11 is 0. The Morgan fingerprint density at radius 2 is 1.24 bits per heavy atom. The van der Waals surface area contributed by atoms with Crippen molar-refractivity contribution in [3.05, 3.63) is 175 Å². The average Bonchev–Trinajstić information content (AvgIpc) is 3.67. The fourth-order valence-electron chi connectivity index (χ4n) is 8.15. The van der Waals surface area contributed by atoms with Crippen molar-refractivity contribution >= 4 is 21.8 Å². The predicted octanol–water partition coefficient (Wildman–Crippen LogP) is 10.9. The number of para-hydroxylation sites is 1. The molecule has 0 fully saturated rings. The summed E-state index contributed by atoms with van der Waals surface area (Å²) in [6.07, 6.45) is 10.8. The van der Waals surface area contributed by atoms with Crippen molar-refractivity contribution in [1.29, 1.82) is 0 Å². The average molecular weight is 656 g/mol. The van der Waals surface area contributed by atoms with Gasteiger partial charge in [-0.2, -0.15) is 0 Å². The zero-order valence-corrected chi connectivity index (χ0v) is 28.2. The molecule has 8 aromatic rings. The van der Waals surface area contributed by atoms with Gasteiger partial charge in [0.2, 0.25) is 0 Å². The summed E-state index contributed by atoms with van der Waals surface area (Å²) in [6.45, 7) is 2.41. The zero-order valence-electron chi connectivity index (χ0n) is 28.2. The molecule has 0 saturated heterocycles. The van der Waals surface area contributed by atoms with Crippen LogP contribution in [0, 0.1) is 0 Å². The summed E-state index contributed by atoms with van der Waals surface area (Å²) in [4.78, 5) is 19.8. The maximum absolute atomic E-state index is 5.10. The van der Waals surface area contributed by atoms with Gasteiger partial charge in [0, 0.05) is 39.1 Å². The number of hydrogen-bond acceptors (Lipinski definition) is 4. The van der Waals surface area contributed by atoms with E-state index < -0.39 is 0 Å². The number of hydrogen-bond donors (Lipinski definition) is 0. The number of nitrogens with zero attached hydrogens (tertiary/aromatic N) is 5. The Balaban J connectivity index is 1.14. The molecule has 5 aromatic carbocycles. The predicted molar refractivity (Wildman–Crippen MR) is 207 cm³/mol. The molecule has 242 valence electrons. The summed E-state index contributed by atoms with van der Waals surface area (Å²) in [7, 11) is 0. The lowest BCUT2D eigenvalue weighted by molar-refractivity contribution is 0.650. The quantitative estimate of drug-likeness (QED) is 0.185. The SMILES string of the molecule is CC1(C2=CC=CCC2)c2ccccc2-c2cc3c4ccccc4n(-c4ccc(-c5nc(-c6ccccc6)nc(-c6ccccc6)n5)cn4)c3cc21. The number of benzene rings is 5. The fraction of sp³-hybridized carbons (Fsp3) is 0.0870. The van der Waals surface area contributed by atoms with Gasteiger partial charge >= 0.3 is 0 Å². The van der Waals surface area contributed by atoms with Crippen molar-refractivity contribution < 1.29 is 0 Å². The van der Waals surface area contributed by atoms with Gasteiger partial charge < -0.3 is 0 Å². The third kappa shape index (κ3) is 4.62. The van der Waals surface area contributed by atoms with E-state index in [0.717, 1.165) is 46.4 Å². The third-order valence-corrected chi connectivity index (χ3v) is 10.7. The topological polar surface area (TPSA) is 56.5 Å². The highest BCUT2D eigenvalue weighted by Gasteiger charge is 2.42. The second-order valence-corrected chi connectivity index (χ2v) is 13.5. The van der Waals surface area contributed by atoms with Crippen LogP contribution in [0.1, 0.15) is 30.9 Å². The molecule has 3 aromatic heterocycles. The van der Waals surface area contributed by atoms with Crippen molar-refractivity contribution in [2.24, 2.45) is 0 Å². The molecule has 0 N–H and O–H groups in total. The monoisotopic (exact) mass is 655 g/mol. The van der Waals surface area contributed by atoms with E-state index in [-0.39, 0.29) is 5.41 Å². The van der Waals surface area contributed by atoms with Gasteiger partial charge in [0.05, 0.1) is 11.0 Å². The second kappa shape index (κ2) is 11.6. The molecule has 0 radical (unpaired) electrons. The first-order chi connectivity index (χ1) is 25.2. The van der Waals surface area contributed by atoms with E-state index in [1.54, 1.807) is 0 Å². The Bertz CT molecular complexity index is 2630. The molecule has 2 aliphatic carbocycles. The molecule has 5 nitrogen and oxygen atoms in total. The Kier molecular flexibility index (Phi) is 6.68. The van der Waals surface area contributed by atoms with Crippen LogP contribution in [0.2, 0.25) is 0 Å². The van der Waals surface area contributed by atoms with Crippen LogP contribution >= 0.6 is 0 Å². The highest BCUT2D eigenvalue weighted by Crippen LogP contribution is 2.55. The minimum absolute atomic E-state index is 0.213. The molecule has 0 spiro atoms. The molecule has 0 amide bonds. The summed E-state index contributed by atoms with van der Waals surface area (Å²) in [5.74, 6) is 2.70. The Morgan fingerprint density at radius 3 is 1.92 bits per heavy atom. The molecule has 10 rings (SSSR count). The summed E-state index contributed by atoms with van der Waals surface area (Å²) < 4.78 is 2.31. The smallest absolute Gasteiger partial charge is 0.165 e. The first-order valence-corrected chi connectivity index (χ1v) is 17.5. The zero-order chi connectivity index (χ0) is 33.9. The van der Waals surface area contributed by atoms with Crippen molar-refractivity contribution in [2.45, 2.75) is 25.2 Å². The highest BCUT2D eigenvalue weighted by molar-refractivity contribution is 6.11. The van der Waals surface area contributed by atoms with Crippen molar-refractivity contribution in [1.82, 2.24) is 24.5 Å². The second-order valence-electron chi connectivity index (χ2n) is 13.5. The van der Waals surface area contributed by atoms with Crippen LogP contribution in [0.3, 0.4) is 0 Å². The van der Waals surface area contributed by atoms with Gasteiger partial charge in [-0.05, 0) is 72.4 Å². The third-order valence-electron chi connectivity index (χ3n) is 10.7. The highest BCUT2D eigenvalue weighted by atomic mass is 15.1. The maximum Gasteiger partial charge on any atom is 0.165 e. The van der Waals surface area contributed by atoms with E-state index in [9.17, 15) is 0 Å². The first-order valence-electron chi connectivity index (χ1n) is 17.5. The minimum atomic E-state index is -0.213. The molecule has 0 saturated carbocycles. The van der Waals surface area contributed by atoms with Crippen LogP contribution < -0.4 is 0 Å². The largest absolute Gasteiger partial charge is 0.294 e. The van der Waals surface area contributed by atoms with E-state index in [1.165, 1.54) is 38.6 Å². The van der Waals surface area contributed by atoms with Crippen molar-refractivity contribution in [3.8, 4) is 51.1 Å². The van der Waals surface area contributed by atoms with Crippen LogP contribution in [0.25, 0.3) is 72.9 Å². The molecule has 2 aliphatic rings. The first kappa shape index (κ1) is 29.5. The van der Waals surface area contributed by atoms with Gasteiger partial charge in [0.15, 0.2) is 17.5 Å². The maximum atomic E-state index is 5.10. The van der Waals surface area contributed by atoms with Crippen LogP contribution in [0.5, 0.6) is 0 Å². The van der Waals surface area contributed by atoms with Crippen molar-refractivity contribution in [2.75, 3.05) is 0 Å². The number of fused-ring (bicyclic) bond motifs is 6. The molecule has 1 atom stereocenters. The lowest BCUT2D eigenvalue weighted by Gasteiger charge is -2.32. The summed E-state index contributed by atoms with van der Waals surface area (Å²) in [5, 5.41) is 2.44. The molecule has 0 aliphatic heterocycles. The van der Waals surface area contributed by atoms with E-state index >= 15 is 0 Å². The van der Waals surface area contributed by atoms with Crippen LogP contribution in [-0.2, 0) is 5.41 Å². The van der Waals surface area contributed by atoms with E-state index in [2.05, 4.69) is 103 Å². The minimum Gasteiger partial charge on any atom is -0.294 e. The summed E-state index contributed by atoms with van der Waals surface area (Å²) in [5.41, 5.74) is 11.6. The van der Waals surface area contributed by atoms with E-state index in [0.29, 0.717) is 17.5 Å². The van der Waals surface area contributed by atoms with E-state index in [1.807, 2.05) is 66.9 Å². The number of pyridine rings is 1. The molecular weight excluding hydrogens is 623 g/mol. The molecule has 0 bridgehead atoms. The van der Waals surface area contributed by atoms with Gasteiger partial charge in [0.25, 0.3) is 0 Å². The molecule has 3 heterocycles. The van der Waals surface area contributed by atoms with Crippen LogP contribution in [0.4, 0.5) is 0 Å². The molecule has 51 heavy (non-hydrogen) atoms. The normalized spacial score (nSPS) is 16.3. The Morgan fingerprint density at radius 1 is 0.569 bits per heavy atom. The van der Waals surface area contributed by atoms with E-state index in [4.69, 9.17) is 19.9 Å². The van der Waals surface area contributed by atoms with Crippen LogP contribution in [0.15, 0.2) is 163 Å². The Hall–Kier alpha value is -6.46. The molecular formula is C46H33N5. The van der Waals surface area contributed by atoms with Crippen LogP contribution in [-0.4, -0.2) is 24.5 Å². The lowest BCUT2D eigenvalue weighted by Crippen LogP contribution is -2.24. The fourth-order valence-corrected chi connectivity index (χ4v) is 8.15. The Labute approximate surface area is 296 Å². The van der Waals surface area contributed by atoms with Gasteiger partial charge in [-0.15, -0.1) is 0 Å². The number of allylic oxidation sites excluding steroid dienone is 4. The molecule has 5 heteroatoms. The number of rotatable bonds is 5. The van der Waals surface area contributed by atoms with Gasteiger partial charge in [-0.1, -0.05) is 127 Å². The molecule has 1 unspecified atom stereocenters. The lowest BCUT2D eigenvalue weighted by atomic mass is 9.71. The summed E-state index contributed by atoms with van der Waals surface area (Å²) in [6, 6.07) is 46.8.